The van der Waals surface area contributed by atoms with E-state index in [1.807, 2.05) is 0 Å². The molecule has 4 heteroatoms. The molecule has 0 bridgehead atoms. The molecule has 2 amide bonds. The first-order valence-electron chi connectivity index (χ1n) is 2.95. The van der Waals surface area contributed by atoms with Gasteiger partial charge in [-0.1, -0.05) is 0 Å². The van der Waals surface area contributed by atoms with Gasteiger partial charge in [-0.25, -0.2) is 9.90 Å². The summed E-state index contributed by atoms with van der Waals surface area (Å²) >= 11 is 0. The molecule has 0 aromatic rings. The van der Waals surface area contributed by atoms with Crippen molar-refractivity contribution in [1.82, 2.24) is 10.2 Å². The van der Waals surface area contributed by atoms with Crippen LogP contribution in [0, 0.1) is 0 Å². The van der Waals surface area contributed by atoms with Crippen LogP contribution in [0.1, 0.15) is 0 Å². The molecule has 0 aromatic carbocycles. The van der Waals surface area contributed by atoms with Crippen LogP contribution in [0.25, 0.3) is 0 Å². The van der Waals surface area contributed by atoms with E-state index < -0.39 is 0 Å². The molecule has 9 heavy (non-hydrogen) atoms. The lowest BCUT2D eigenvalue weighted by molar-refractivity contribution is 0.155. The van der Waals surface area contributed by atoms with Crippen molar-refractivity contribution in [2.24, 2.45) is 0 Å². The summed E-state index contributed by atoms with van der Waals surface area (Å²) < 4.78 is 0. The molecular formula is C5H9N2O2. The number of nitrogens with zero attached hydrogens (tertiary/aromatic N) is 1. The first-order chi connectivity index (χ1) is 4.34. The Balaban J connectivity index is 2.31. The van der Waals surface area contributed by atoms with Crippen LogP contribution in [0.5, 0.6) is 0 Å². The maximum Gasteiger partial charge on any atom is 0.317 e. The summed E-state index contributed by atoms with van der Waals surface area (Å²) in [5.41, 5.74) is 0. The highest BCUT2D eigenvalue weighted by molar-refractivity contribution is 5.76. The fourth-order valence-corrected chi connectivity index (χ4v) is 0.835. The lowest BCUT2D eigenvalue weighted by Crippen LogP contribution is -2.30. The second-order valence-electron chi connectivity index (χ2n) is 1.92. The normalized spacial score (nSPS) is 18.3. The molecule has 4 nitrogen and oxygen atoms in total. The molecule has 1 saturated heterocycles. The highest BCUT2D eigenvalue weighted by atomic mass is 16.3. The van der Waals surface area contributed by atoms with E-state index in [1.54, 1.807) is 0 Å². The van der Waals surface area contributed by atoms with E-state index >= 15 is 0 Å². The van der Waals surface area contributed by atoms with Crippen LogP contribution in [-0.2, 0) is 5.11 Å². The predicted molar refractivity (Wildman–Crippen MR) is 30.5 cm³/mol. The highest BCUT2D eigenvalue weighted by Gasteiger charge is 2.17. The molecular weight excluding hydrogens is 120 g/mol. The monoisotopic (exact) mass is 129 g/mol. The van der Waals surface area contributed by atoms with Gasteiger partial charge in [-0.2, -0.15) is 0 Å². The van der Waals surface area contributed by atoms with E-state index in [4.69, 9.17) is 0 Å². The molecule has 0 aliphatic carbocycles. The zero-order chi connectivity index (χ0) is 6.69. The smallest absolute Gasteiger partial charge is 0.317 e. The molecule has 1 radical (unpaired) electrons. The number of amides is 2. The molecule has 1 aliphatic rings. The number of rotatable bonds is 2. The van der Waals surface area contributed by atoms with Crippen molar-refractivity contribution in [2.45, 2.75) is 0 Å². The molecule has 0 spiro atoms. The van der Waals surface area contributed by atoms with Gasteiger partial charge >= 0.3 is 6.03 Å². The van der Waals surface area contributed by atoms with Gasteiger partial charge in [0.25, 0.3) is 0 Å². The number of urea groups is 1. The third-order valence-corrected chi connectivity index (χ3v) is 1.31. The van der Waals surface area contributed by atoms with Gasteiger partial charge in [0.15, 0.2) is 0 Å². The minimum atomic E-state index is -0.201. The third-order valence-electron chi connectivity index (χ3n) is 1.31. The van der Waals surface area contributed by atoms with Gasteiger partial charge in [0.2, 0.25) is 0 Å². The molecule has 1 rings (SSSR count). The molecule has 0 unspecified atom stereocenters. The van der Waals surface area contributed by atoms with E-state index in [-0.39, 0.29) is 12.6 Å². The summed E-state index contributed by atoms with van der Waals surface area (Å²) in [6, 6.07) is -0.106. The maximum absolute atomic E-state index is 10.6. The molecule has 0 saturated carbocycles. The van der Waals surface area contributed by atoms with E-state index in [1.165, 1.54) is 4.90 Å². The number of carbonyl (C=O) groups is 1. The molecule has 1 heterocycles. The first-order valence-corrected chi connectivity index (χ1v) is 2.95. The van der Waals surface area contributed by atoms with Crippen molar-refractivity contribution in [3.63, 3.8) is 0 Å². The molecule has 1 aliphatic heterocycles. The van der Waals surface area contributed by atoms with Gasteiger partial charge < -0.3 is 10.2 Å². The lowest BCUT2D eigenvalue weighted by Gasteiger charge is -2.09. The zero-order valence-electron chi connectivity index (χ0n) is 5.09. The Morgan fingerprint density at radius 2 is 2.44 bits per heavy atom. The average Bonchev–Trinajstić information content (AvgIpc) is 2.18. The Morgan fingerprint density at radius 3 is 2.89 bits per heavy atom. The number of hydrogen-bond donors (Lipinski definition) is 1. The molecule has 51 valence electrons. The average molecular weight is 129 g/mol. The van der Waals surface area contributed by atoms with Crippen molar-refractivity contribution in [1.29, 1.82) is 0 Å². The second kappa shape index (κ2) is 2.68. The minimum absolute atomic E-state index is 0.106. The number of hydrogen-bond acceptors (Lipinski definition) is 1. The van der Waals surface area contributed by atoms with Crippen molar-refractivity contribution < 1.29 is 9.90 Å². The van der Waals surface area contributed by atoms with Crippen molar-refractivity contribution in [2.75, 3.05) is 26.2 Å². The van der Waals surface area contributed by atoms with Crippen LogP contribution in [0.2, 0.25) is 0 Å². The maximum atomic E-state index is 10.6. The molecule has 0 aromatic heterocycles. The lowest BCUT2D eigenvalue weighted by atomic mass is 10.5. The largest absolute Gasteiger partial charge is 0.336 e. The van der Waals surface area contributed by atoms with Crippen LogP contribution in [0.3, 0.4) is 0 Å². The Morgan fingerprint density at radius 1 is 1.67 bits per heavy atom. The summed E-state index contributed by atoms with van der Waals surface area (Å²) in [7, 11) is 0. The summed E-state index contributed by atoms with van der Waals surface area (Å²) in [6.07, 6.45) is 0. The Labute approximate surface area is 53.5 Å². The fraction of sp³-hybridized carbons (Fsp3) is 0.800. The van der Waals surface area contributed by atoms with Crippen LogP contribution in [0.15, 0.2) is 0 Å². The second-order valence-corrected chi connectivity index (χ2v) is 1.92. The van der Waals surface area contributed by atoms with Gasteiger partial charge in [0.05, 0.1) is 6.61 Å². The standard InChI is InChI=1S/C5H9N2O2/c8-4-3-7-2-1-6-5(7)9/h1-4H2,(H,6,9). The predicted octanol–water partition coefficient (Wildman–Crippen LogP) is -0.558. The molecule has 1 N–H and O–H groups in total. The third kappa shape index (κ3) is 1.32. The van der Waals surface area contributed by atoms with Crippen molar-refractivity contribution >= 4 is 6.03 Å². The van der Waals surface area contributed by atoms with Crippen LogP contribution >= 0.6 is 0 Å². The highest BCUT2D eigenvalue weighted by Crippen LogP contribution is 1.93. The van der Waals surface area contributed by atoms with Gasteiger partial charge in [-0.15, -0.1) is 0 Å². The summed E-state index contributed by atoms with van der Waals surface area (Å²) in [6.45, 7) is 1.50. The Kier molecular flexibility index (Phi) is 1.89. The Bertz CT molecular complexity index is 116. The van der Waals surface area contributed by atoms with E-state index in [9.17, 15) is 9.90 Å². The van der Waals surface area contributed by atoms with Gasteiger partial charge in [-0.3, -0.25) is 0 Å². The topological polar surface area (TPSA) is 52.2 Å². The summed E-state index contributed by atoms with van der Waals surface area (Å²) in [5.74, 6) is 0. The van der Waals surface area contributed by atoms with Crippen LogP contribution in [-0.4, -0.2) is 37.2 Å². The Hall–Kier alpha value is -0.770. The number of carbonyl (C=O) groups excluding carboxylic acids is 1. The van der Waals surface area contributed by atoms with Crippen molar-refractivity contribution in [3.05, 3.63) is 0 Å². The van der Waals surface area contributed by atoms with Crippen molar-refractivity contribution in [3.8, 4) is 0 Å². The zero-order valence-corrected chi connectivity index (χ0v) is 5.09. The fourth-order valence-electron chi connectivity index (χ4n) is 0.835. The molecule has 0 atom stereocenters. The van der Waals surface area contributed by atoms with Gasteiger partial charge in [0.1, 0.15) is 0 Å². The van der Waals surface area contributed by atoms with E-state index in [0.717, 1.165) is 0 Å². The SMILES string of the molecule is [O]CCN1CCNC1=O. The summed E-state index contributed by atoms with van der Waals surface area (Å²) in [5, 5.41) is 12.6. The first kappa shape index (κ1) is 6.35. The number of nitrogens with one attached hydrogen (secondary N) is 1. The van der Waals surface area contributed by atoms with Gasteiger partial charge in [0, 0.05) is 19.6 Å². The van der Waals surface area contributed by atoms with E-state index in [2.05, 4.69) is 5.32 Å². The van der Waals surface area contributed by atoms with Gasteiger partial charge in [-0.05, 0) is 0 Å². The van der Waals surface area contributed by atoms with Crippen LogP contribution < -0.4 is 5.32 Å². The minimum Gasteiger partial charge on any atom is -0.336 e. The molecule has 1 fully saturated rings. The summed E-state index contributed by atoms with van der Waals surface area (Å²) in [4.78, 5) is 12.2. The quantitative estimate of drug-likeness (QED) is 0.534. The van der Waals surface area contributed by atoms with E-state index in [0.29, 0.717) is 19.6 Å². The van der Waals surface area contributed by atoms with Crippen LogP contribution in [0.4, 0.5) is 4.79 Å².